The molecule has 0 radical (unpaired) electrons. The van der Waals surface area contributed by atoms with Crippen LogP contribution in [0, 0.1) is 0 Å². The molecule has 0 aliphatic rings. The Hall–Kier alpha value is -1.85. The van der Waals surface area contributed by atoms with E-state index in [9.17, 15) is 9.59 Å². The van der Waals surface area contributed by atoms with E-state index in [0.717, 1.165) is 4.47 Å². The van der Waals surface area contributed by atoms with Crippen molar-refractivity contribution >= 4 is 45.0 Å². The van der Waals surface area contributed by atoms with Crippen LogP contribution in [0.5, 0.6) is 0 Å². The van der Waals surface area contributed by atoms with Gasteiger partial charge in [0.25, 0.3) is 11.8 Å². The van der Waals surface area contributed by atoms with Crippen molar-refractivity contribution in [3.63, 3.8) is 0 Å². The van der Waals surface area contributed by atoms with Crippen molar-refractivity contribution in [2.24, 2.45) is 0 Å². The number of amides is 2. The van der Waals surface area contributed by atoms with Crippen LogP contribution >= 0.6 is 27.5 Å². The van der Waals surface area contributed by atoms with E-state index < -0.39 is 0 Å². The van der Waals surface area contributed by atoms with Gasteiger partial charge in [0.05, 0.1) is 0 Å². The van der Waals surface area contributed by atoms with Crippen LogP contribution < -0.4 is 10.6 Å². The van der Waals surface area contributed by atoms with E-state index in [1.54, 1.807) is 49.5 Å². The molecule has 0 aromatic heterocycles. The summed E-state index contributed by atoms with van der Waals surface area (Å²) in [6.07, 6.45) is 0. The molecule has 21 heavy (non-hydrogen) atoms. The molecule has 0 atom stereocenters. The summed E-state index contributed by atoms with van der Waals surface area (Å²) in [5, 5.41) is 5.73. The molecule has 0 saturated carbocycles. The lowest BCUT2D eigenvalue weighted by Crippen LogP contribution is -2.18. The first-order chi connectivity index (χ1) is 9.99. The second-order valence-electron chi connectivity index (χ2n) is 4.27. The Labute approximate surface area is 135 Å². The molecular formula is C15H12BrClN2O2. The minimum Gasteiger partial charge on any atom is -0.355 e. The molecule has 0 saturated heterocycles. The van der Waals surface area contributed by atoms with E-state index in [0.29, 0.717) is 21.8 Å². The van der Waals surface area contributed by atoms with Crippen molar-refractivity contribution in [3.8, 4) is 0 Å². The number of rotatable bonds is 3. The normalized spacial score (nSPS) is 10.0. The van der Waals surface area contributed by atoms with Gasteiger partial charge < -0.3 is 10.6 Å². The molecule has 2 N–H and O–H groups in total. The van der Waals surface area contributed by atoms with Gasteiger partial charge in [-0.05, 0) is 36.4 Å². The second-order valence-corrected chi connectivity index (χ2v) is 5.62. The van der Waals surface area contributed by atoms with Crippen LogP contribution in [0.3, 0.4) is 0 Å². The maximum absolute atomic E-state index is 12.2. The Morgan fingerprint density at radius 2 is 1.81 bits per heavy atom. The Morgan fingerprint density at radius 1 is 1.05 bits per heavy atom. The van der Waals surface area contributed by atoms with Crippen LogP contribution in [0.15, 0.2) is 46.9 Å². The zero-order chi connectivity index (χ0) is 15.4. The molecule has 108 valence electrons. The van der Waals surface area contributed by atoms with Gasteiger partial charge in [0.15, 0.2) is 0 Å². The van der Waals surface area contributed by atoms with Crippen LogP contribution in [0.4, 0.5) is 5.69 Å². The number of anilines is 1. The lowest BCUT2D eigenvalue weighted by Gasteiger charge is -2.08. The van der Waals surface area contributed by atoms with Crippen molar-refractivity contribution in [2.75, 3.05) is 12.4 Å². The van der Waals surface area contributed by atoms with Gasteiger partial charge in [0.2, 0.25) is 0 Å². The third kappa shape index (κ3) is 4.06. The van der Waals surface area contributed by atoms with Crippen molar-refractivity contribution in [1.82, 2.24) is 5.32 Å². The van der Waals surface area contributed by atoms with Gasteiger partial charge in [-0.25, -0.2) is 0 Å². The van der Waals surface area contributed by atoms with Crippen LogP contribution in [-0.4, -0.2) is 18.9 Å². The van der Waals surface area contributed by atoms with E-state index in [1.807, 2.05) is 0 Å². The number of hydrogen-bond donors (Lipinski definition) is 2. The fourth-order valence-corrected chi connectivity index (χ4v) is 2.63. The van der Waals surface area contributed by atoms with E-state index in [4.69, 9.17) is 11.6 Å². The fourth-order valence-electron chi connectivity index (χ4n) is 1.77. The zero-order valence-electron chi connectivity index (χ0n) is 11.1. The molecule has 4 nitrogen and oxygen atoms in total. The van der Waals surface area contributed by atoms with E-state index in [2.05, 4.69) is 26.6 Å². The lowest BCUT2D eigenvalue weighted by molar-refractivity contribution is 0.0961. The standard InChI is InChI=1S/C15H12BrClN2O2/c1-18-14(20)9-3-2-4-13(7-9)19-15(21)10-5-11(16)8-12(17)6-10/h2-8H,1H3,(H,18,20)(H,19,21). The molecule has 0 bridgehead atoms. The van der Waals surface area contributed by atoms with Gasteiger partial charge in [0.1, 0.15) is 0 Å². The predicted octanol–water partition coefficient (Wildman–Crippen LogP) is 3.71. The summed E-state index contributed by atoms with van der Waals surface area (Å²) in [7, 11) is 1.55. The van der Waals surface area contributed by atoms with Gasteiger partial charge in [0, 0.05) is 33.4 Å². The molecule has 0 fully saturated rings. The van der Waals surface area contributed by atoms with Crippen molar-refractivity contribution in [1.29, 1.82) is 0 Å². The maximum atomic E-state index is 12.2. The summed E-state index contributed by atoms with van der Waals surface area (Å²) < 4.78 is 0.722. The highest BCUT2D eigenvalue weighted by Gasteiger charge is 2.10. The molecule has 0 aliphatic heterocycles. The predicted molar refractivity (Wildman–Crippen MR) is 86.9 cm³/mol. The second kappa shape index (κ2) is 6.74. The smallest absolute Gasteiger partial charge is 0.255 e. The highest BCUT2D eigenvalue weighted by Crippen LogP contribution is 2.20. The molecular weight excluding hydrogens is 356 g/mol. The van der Waals surface area contributed by atoms with Gasteiger partial charge in [-0.1, -0.05) is 33.6 Å². The van der Waals surface area contributed by atoms with Crippen LogP contribution in [0.2, 0.25) is 5.02 Å². The SMILES string of the molecule is CNC(=O)c1cccc(NC(=O)c2cc(Cl)cc(Br)c2)c1. The third-order valence-corrected chi connectivity index (χ3v) is 3.41. The van der Waals surface area contributed by atoms with Gasteiger partial charge in [-0.2, -0.15) is 0 Å². The summed E-state index contributed by atoms with van der Waals surface area (Å²) in [4.78, 5) is 23.7. The van der Waals surface area contributed by atoms with Gasteiger partial charge in [-0.3, -0.25) is 9.59 Å². The number of benzene rings is 2. The molecule has 0 heterocycles. The Kier molecular flexibility index (Phi) is 4.98. The zero-order valence-corrected chi connectivity index (χ0v) is 13.5. The number of nitrogens with one attached hydrogen (secondary N) is 2. The first kappa shape index (κ1) is 15.5. The van der Waals surface area contributed by atoms with Crippen LogP contribution in [-0.2, 0) is 0 Å². The minimum atomic E-state index is -0.299. The Bertz CT molecular complexity index is 684. The van der Waals surface area contributed by atoms with Crippen LogP contribution in [0.25, 0.3) is 0 Å². The van der Waals surface area contributed by atoms with E-state index in [1.165, 1.54) is 0 Å². The fraction of sp³-hybridized carbons (Fsp3) is 0.0667. The molecule has 0 unspecified atom stereocenters. The lowest BCUT2D eigenvalue weighted by atomic mass is 10.1. The van der Waals surface area contributed by atoms with Gasteiger partial charge in [-0.15, -0.1) is 0 Å². The average molecular weight is 368 g/mol. The summed E-state index contributed by atoms with van der Waals surface area (Å²) in [5.41, 5.74) is 1.44. The number of carbonyl (C=O) groups is 2. The quantitative estimate of drug-likeness (QED) is 0.869. The first-order valence-corrected chi connectivity index (χ1v) is 7.26. The monoisotopic (exact) mass is 366 g/mol. The largest absolute Gasteiger partial charge is 0.355 e. The minimum absolute atomic E-state index is 0.211. The summed E-state index contributed by atoms with van der Waals surface area (Å²) in [6, 6.07) is 11.6. The van der Waals surface area contributed by atoms with Crippen molar-refractivity contribution < 1.29 is 9.59 Å². The highest BCUT2D eigenvalue weighted by molar-refractivity contribution is 9.10. The molecule has 2 aromatic carbocycles. The average Bonchev–Trinajstić information content (AvgIpc) is 2.45. The van der Waals surface area contributed by atoms with Crippen LogP contribution in [0.1, 0.15) is 20.7 Å². The molecule has 2 aromatic rings. The van der Waals surface area contributed by atoms with E-state index in [-0.39, 0.29) is 11.8 Å². The van der Waals surface area contributed by atoms with E-state index >= 15 is 0 Å². The summed E-state index contributed by atoms with van der Waals surface area (Å²) in [5.74, 6) is -0.510. The third-order valence-electron chi connectivity index (χ3n) is 2.73. The number of carbonyl (C=O) groups excluding carboxylic acids is 2. The highest BCUT2D eigenvalue weighted by atomic mass is 79.9. The molecule has 2 amide bonds. The summed E-state index contributed by atoms with van der Waals surface area (Å²) >= 11 is 9.21. The van der Waals surface area contributed by atoms with Gasteiger partial charge >= 0.3 is 0 Å². The number of halogens is 2. The molecule has 2 rings (SSSR count). The topological polar surface area (TPSA) is 58.2 Å². The van der Waals surface area contributed by atoms with Crippen molar-refractivity contribution in [3.05, 3.63) is 63.1 Å². The first-order valence-electron chi connectivity index (χ1n) is 6.09. The Morgan fingerprint density at radius 3 is 2.48 bits per heavy atom. The Balaban J connectivity index is 2.21. The number of hydrogen-bond acceptors (Lipinski definition) is 2. The molecule has 0 spiro atoms. The molecule has 0 aliphatic carbocycles. The van der Waals surface area contributed by atoms with Crippen molar-refractivity contribution in [2.45, 2.75) is 0 Å². The molecule has 6 heteroatoms. The summed E-state index contributed by atoms with van der Waals surface area (Å²) in [6.45, 7) is 0. The maximum Gasteiger partial charge on any atom is 0.255 e.